The minimum Gasteiger partial charge on any atom is -0.490 e. The van der Waals surface area contributed by atoms with Gasteiger partial charge in [-0.15, -0.1) is 0 Å². The van der Waals surface area contributed by atoms with Gasteiger partial charge >= 0.3 is 0 Å². The molecule has 0 spiro atoms. The summed E-state index contributed by atoms with van der Waals surface area (Å²) in [6, 6.07) is 8.32. The molecule has 3 heteroatoms. The van der Waals surface area contributed by atoms with Crippen LogP contribution >= 0.6 is 0 Å². The number of rotatable bonds is 5. The van der Waals surface area contributed by atoms with E-state index in [9.17, 15) is 4.79 Å². The molecular formula is C18H27NO2. The zero-order valence-corrected chi connectivity index (χ0v) is 13.5. The van der Waals surface area contributed by atoms with Gasteiger partial charge in [-0.2, -0.15) is 0 Å². The molecule has 1 aromatic rings. The molecule has 116 valence electrons. The molecule has 1 amide bonds. The lowest BCUT2D eigenvalue weighted by Gasteiger charge is -2.32. The van der Waals surface area contributed by atoms with Gasteiger partial charge in [-0.25, -0.2) is 0 Å². The van der Waals surface area contributed by atoms with E-state index in [0.717, 1.165) is 38.1 Å². The molecule has 2 rings (SSSR count). The molecule has 0 aliphatic carbocycles. The fourth-order valence-electron chi connectivity index (χ4n) is 2.73. The van der Waals surface area contributed by atoms with Crippen molar-refractivity contribution in [3.05, 3.63) is 29.8 Å². The van der Waals surface area contributed by atoms with Gasteiger partial charge < -0.3 is 9.64 Å². The predicted octanol–water partition coefficient (Wildman–Crippen LogP) is 3.66. The number of likely N-dealkylation sites (tertiary alicyclic amines) is 1. The standard InChI is InChI=1S/C18H27NO2/c1-4-15-6-5-7-17(13-15)21-16-8-10-19(11-9-16)18(20)12-14(2)3/h5-7,13-14,16H,4,8-12H2,1-3H3. The molecule has 1 saturated heterocycles. The van der Waals surface area contributed by atoms with Gasteiger partial charge in [0.2, 0.25) is 5.91 Å². The van der Waals surface area contributed by atoms with Gasteiger partial charge in [0.15, 0.2) is 0 Å². The molecule has 0 aromatic heterocycles. The summed E-state index contributed by atoms with van der Waals surface area (Å²) in [4.78, 5) is 14.0. The van der Waals surface area contributed by atoms with E-state index in [4.69, 9.17) is 4.74 Å². The van der Waals surface area contributed by atoms with Crippen LogP contribution in [-0.4, -0.2) is 30.0 Å². The third-order valence-electron chi connectivity index (χ3n) is 3.99. The highest BCUT2D eigenvalue weighted by Crippen LogP contribution is 2.21. The molecule has 0 N–H and O–H groups in total. The van der Waals surface area contributed by atoms with Crippen molar-refractivity contribution < 1.29 is 9.53 Å². The van der Waals surface area contributed by atoms with Crippen molar-refractivity contribution in [1.82, 2.24) is 4.90 Å². The van der Waals surface area contributed by atoms with Gasteiger partial charge in [-0.1, -0.05) is 32.9 Å². The highest BCUT2D eigenvalue weighted by Gasteiger charge is 2.24. The van der Waals surface area contributed by atoms with Crippen LogP contribution in [0, 0.1) is 5.92 Å². The van der Waals surface area contributed by atoms with Crippen molar-refractivity contribution >= 4 is 5.91 Å². The van der Waals surface area contributed by atoms with E-state index in [1.165, 1.54) is 5.56 Å². The summed E-state index contributed by atoms with van der Waals surface area (Å²) < 4.78 is 6.07. The average molecular weight is 289 g/mol. The number of carbonyl (C=O) groups is 1. The van der Waals surface area contributed by atoms with E-state index in [1.54, 1.807) is 0 Å². The van der Waals surface area contributed by atoms with Gasteiger partial charge in [0.05, 0.1) is 0 Å². The van der Waals surface area contributed by atoms with Crippen LogP contribution in [-0.2, 0) is 11.2 Å². The molecule has 0 saturated carbocycles. The van der Waals surface area contributed by atoms with Crippen molar-refractivity contribution in [3.63, 3.8) is 0 Å². The number of hydrogen-bond donors (Lipinski definition) is 0. The maximum Gasteiger partial charge on any atom is 0.222 e. The van der Waals surface area contributed by atoms with E-state index < -0.39 is 0 Å². The maximum absolute atomic E-state index is 12.0. The largest absolute Gasteiger partial charge is 0.490 e. The number of piperidine rings is 1. The van der Waals surface area contributed by atoms with E-state index in [1.807, 2.05) is 11.0 Å². The summed E-state index contributed by atoms with van der Waals surface area (Å²) >= 11 is 0. The normalized spacial score (nSPS) is 16.3. The summed E-state index contributed by atoms with van der Waals surface area (Å²) in [5.41, 5.74) is 1.30. The third-order valence-corrected chi connectivity index (χ3v) is 3.99. The van der Waals surface area contributed by atoms with Crippen LogP contribution < -0.4 is 4.74 Å². The number of hydrogen-bond acceptors (Lipinski definition) is 2. The van der Waals surface area contributed by atoms with Crippen LogP contribution in [0.1, 0.15) is 45.6 Å². The molecule has 1 aliphatic rings. The predicted molar refractivity (Wildman–Crippen MR) is 85.5 cm³/mol. The van der Waals surface area contributed by atoms with Crippen molar-refractivity contribution in [2.24, 2.45) is 5.92 Å². The summed E-state index contributed by atoms with van der Waals surface area (Å²) in [5, 5.41) is 0. The second kappa shape index (κ2) is 7.48. The molecule has 1 fully saturated rings. The van der Waals surface area contributed by atoms with Crippen molar-refractivity contribution in [3.8, 4) is 5.75 Å². The van der Waals surface area contributed by atoms with E-state index in [2.05, 4.69) is 39.0 Å². The Balaban J connectivity index is 1.82. The monoisotopic (exact) mass is 289 g/mol. The molecule has 1 heterocycles. The van der Waals surface area contributed by atoms with Gasteiger partial charge in [0, 0.05) is 32.4 Å². The van der Waals surface area contributed by atoms with Crippen LogP contribution in [0.25, 0.3) is 0 Å². The molecule has 21 heavy (non-hydrogen) atoms. The molecule has 0 radical (unpaired) electrons. The van der Waals surface area contributed by atoms with E-state index >= 15 is 0 Å². The zero-order chi connectivity index (χ0) is 15.2. The number of nitrogens with zero attached hydrogens (tertiary/aromatic N) is 1. The molecule has 1 aromatic carbocycles. The summed E-state index contributed by atoms with van der Waals surface area (Å²) in [6.07, 6.45) is 3.78. The minimum atomic E-state index is 0.236. The number of carbonyl (C=O) groups excluding carboxylic acids is 1. The average Bonchev–Trinajstić information content (AvgIpc) is 2.47. The molecule has 0 atom stereocenters. The Morgan fingerprint density at radius 3 is 2.67 bits per heavy atom. The fourth-order valence-corrected chi connectivity index (χ4v) is 2.73. The molecule has 0 unspecified atom stereocenters. The van der Waals surface area contributed by atoms with E-state index in [0.29, 0.717) is 12.3 Å². The first-order valence-corrected chi connectivity index (χ1v) is 8.12. The van der Waals surface area contributed by atoms with Crippen LogP contribution in [0.3, 0.4) is 0 Å². The third kappa shape index (κ3) is 4.76. The number of aryl methyl sites for hydroxylation is 1. The Labute approximate surface area is 128 Å². The van der Waals surface area contributed by atoms with Gasteiger partial charge in [-0.3, -0.25) is 4.79 Å². The summed E-state index contributed by atoms with van der Waals surface area (Å²) in [7, 11) is 0. The topological polar surface area (TPSA) is 29.5 Å². The number of benzene rings is 1. The Morgan fingerprint density at radius 1 is 1.33 bits per heavy atom. The van der Waals surface area contributed by atoms with Crippen molar-refractivity contribution in [2.75, 3.05) is 13.1 Å². The van der Waals surface area contributed by atoms with Crippen LogP contribution in [0.5, 0.6) is 5.75 Å². The van der Waals surface area contributed by atoms with Crippen molar-refractivity contribution in [1.29, 1.82) is 0 Å². The Hall–Kier alpha value is -1.51. The van der Waals surface area contributed by atoms with Crippen LogP contribution in [0.4, 0.5) is 0 Å². The second-order valence-corrected chi connectivity index (χ2v) is 6.30. The van der Waals surface area contributed by atoms with Crippen LogP contribution in [0.15, 0.2) is 24.3 Å². The van der Waals surface area contributed by atoms with Gasteiger partial charge in [-0.05, 0) is 30.0 Å². The minimum absolute atomic E-state index is 0.236. The lowest BCUT2D eigenvalue weighted by atomic mass is 10.0. The highest BCUT2D eigenvalue weighted by molar-refractivity contribution is 5.76. The SMILES string of the molecule is CCc1cccc(OC2CCN(C(=O)CC(C)C)CC2)c1. The molecule has 3 nitrogen and oxygen atoms in total. The molecular weight excluding hydrogens is 262 g/mol. The van der Waals surface area contributed by atoms with Gasteiger partial charge in [0.1, 0.15) is 11.9 Å². The molecule has 1 aliphatic heterocycles. The second-order valence-electron chi connectivity index (χ2n) is 6.30. The first-order valence-electron chi connectivity index (χ1n) is 8.12. The lowest BCUT2D eigenvalue weighted by Crippen LogP contribution is -2.42. The Morgan fingerprint density at radius 2 is 2.05 bits per heavy atom. The number of ether oxygens (including phenoxy) is 1. The van der Waals surface area contributed by atoms with E-state index in [-0.39, 0.29) is 12.0 Å². The fraction of sp³-hybridized carbons (Fsp3) is 0.611. The molecule has 0 bridgehead atoms. The highest BCUT2D eigenvalue weighted by atomic mass is 16.5. The van der Waals surface area contributed by atoms with Gasteiger partial charge in [0.25, 0.3) is 0 Å². The summed E-state index contributed by atoms with van der Waals surface area (Å²) in [5.74, 6) is 1.68. The Kier molecular flexibility index (Phi) is 5.66. The lowest BCUT2D eigenvalue weighted by molar-refractivity contribution is -0.133. The zero-order valence-electron chi connectivity index (χ0n) is 13.5. The van der Waals surface area contributed by atoms with Crippen molar-refractivity contribution in [2.45, 2.75) is 52.6 Å². The summed E-state index contributed by atoms with van der Waals surface area (Å²) in [6.45, 7) is 7.98. The number of amides is 1. The quantitative estimate of drug-likeness (QED) is 0.828. The maximum atomic E-state index is 12.0. The first-order chi connectivity index (χ1) is 10.1. The smallest absolute Gasteiger partial charge is 0.222 e. The van der Waals surface area contributed by atoms with Crippen LogP contribution in [0.2, 0.25) is 0 Å². The Bertz CT molecular complexity index is 462. The first kappa shape index (κ1) is 15.9.